The number of carbonyl (C=O) groups excluding carboxylic acids is 1. The Morgan fingerprint density at radius 3 is 1.58 bits per heavy atom. The smallest absolute Gasteiger partial charge is 0.313 e. The molecule has 0 spiro atoms. The van der Waals surface area contributed by atoms with Crippen LogP contribution in [0, 0.1) is 0 Å². The van der Waals surface area contributed by atoms with Gasteiger partial charge in [0.05, 0.1) is 12.5 Å². The van der Waals surface area contributed by atoms with Crippen LogP contribution < -0.4 is 0 Å². The van der Waals surface area contributed by atoms with Gasteiger partial charge in [-0.2, -0.15) is 0 Å². The molecule has 0 amide bonds. The highest BCUT2D eigenvalue weighted by molar-refractivity contribution is 5.78. The molecule has 0 saturated carbocycles. The minimum absolute atomic E-state index is 0.174. The summed E-state index contributed by atoms with van der Waals surface area (Å²) in [5.41, 5.74) is 2.27. The lowest BCUT2D eigenvalue weighted by molar-refractivity contribution is -0.145. The highest BCUT2D eigenvalue weighted by Gasteiger charge is 2.29. The molecule has 0 radical (unpaired) electrons. The summed E-state index contributed by atoms with van der Waals surface area (Å²) in [4.78, 5) is 12.7. The van der Waals surface area contributed by atoms with Crippen molar-refractivity contribution in [1.82, 2.24) is 0 Å². The molecule has 3 nitrogen and oxygen atoms in total. The average Bonchev–Trinajstić information content (AvgIpc) is 2.72. The summed E-state index contributed by atoms with van der Waals surface area (Å²) in [7, 11) is 0. The van der Waals surface area contributed by atoms with Crippen LogP contribution in [0.25, 0.3) is 0 Å². The molecule has 0 aromatic heterocycles. The summed E-state index contributed by atoms with van der Waals surface area (Å²) in [5.74, 6) is -0.173. The van der Waals surface area contributed by atoms with Gasteiger partial charge in [0.2, 0.25) is 0 Å². The quantitative estimate of drug-likeness (QED) is 0.222. The van der Waals surface area contributed by atoms with Crippen molar-refractivity contribution in [2.75, 3.05) is 6.61 Å². The number of aromatic hydroxyl groups is 1. The first kappa shape index (κ1) is 29.5. The fourth-order valence-corrected chi connectivity index (χ4v) is 4.25. The molecule has 0 fully saturated rings. The van der Waals surface area contributed by atoms with Gasteiger partial charge in [0, 0.05) is 0 Å². The predicted octanol–water partition coefficient (Wildman–Crippen LogP) is 8.94. The maximum absolute atomic E-state index is 12.7. The third-order valence-electron chi connectivity index (χ3n) is 6.59. The second-order valence-electron chi connectivity index (χ2n) is 11.9. The van der Waals surface area contributed by atoms with Crippen molar-refractivity contribution < 1.29 is 14.6 Å². The van der Waals surface area contributed by atoms with Gasteiger partial charge in [-0.05, 0) is 40.9 Å². The Hall–Kier alpha value is -1.51. The first-order valence-electron chi connectivity index (χ1n) is 13.4. The van der Waals surface area contributed by atoms with Crippen LogP contribution in [-0.4, -0.2) is 17.7 Å². The molecule has 0 heterocycles. The number of carbonyl (C=O) groups is 1. The number of unbranched alkanes of at least 4 members (excludes halogenated alkanes) is 10. The van der Waals surface area contributed by atoms with Crippen LogP contribution in [-0.2, 0) is 20.4 Å². The lowest BCUT2D eigenvalue weighted by Crippen LogP contribution is -2.20. The van der Waals surface area contributed by atoms with Gasteiger partial charge in [-0.3, -0.25) is 4.79 Å². The van der Waals surface area contributed by atoms with Crippen molar-refractivity contribution in [2.24, 2.45) is 0 Å². The van der Waals surface area contributed by atoms with E-state index in [1.807, 2.05) is 19.1 Å². The van der Waals surface area contributed by atoms with Gasteiger partial charge in [-0.1, -0.05) is 125 Å². The van der Waals surface area contributed by atoms with Crippen molar-refractivity contribution in [1.29, 1.82) is 0 Å². The van der Waals surface area contributed by atoms with E-state index in [1.54, 1.807) is 0 Å². The monoisotopic (exact) mass is 460 g/mol. The zero-order valence-electron chi connectivity index (χ0n) is 23.0. The summed E-state index contributed by atoms with van der Waals surface area (Å²) in [6.45, 7) is 17.2. The normalized spacial score (nSPS) is 13.2. The van der Waals surface area contributed by atoms with Gasteiger partial charge >= 0.3 is 5.97 Å². The lowest BCUT2D eigenvalue weighted by Gasteiger charge is -2.29. The number of hydrogen-bond acceptors (Lipinski definition) is 3. The second kappa shape index (κ2) is 14.0. The summed E-state index contributed by atoms with van der Waals surface area (Å²) in [5, 5.41) is 10.9. The van der Waals surface area contributed by atoms with Gasteiger partial charge in [0.25, 0.3) is 0 Å². The number of ether oxygens (including phenoxy) is 1. The van der Waals surface area contributed by atoms with Crippen molar-refractivity contribution in [3.63, 3.8) is 0 Å². The Labute approximate surface area is 204 Å². The molecule has 0 aliphatic heterocycles. The van der Waals surface area contributed by atoms with E-state index in [9.17, 15) is 9.90 Å². The van der Waals surface area contributed by atoms with E-state index < -0.39 is 0 Å². The van der Waals surface area contributed by atoms with E-state index in [-0.39, 0.29) is 22.7 Å². The fraction of sp³-hybridized carbons (Fsp3) is 0.767. The second-order valence-corrected chi connectivity index (χ2v) is 11.9. The Balaban J connectivity index is 2.50. The molecule has 1 aromatic rings. The molecule has 0 bridgehead atoms. The number of rotatable bonds is 14. The molecule has 1 unspecified atom stereocenters. The highest BCUT2D eigenvalue weighted by Crippen LogP contribution is 2.41. The number of phenolic OH excluding ortho intramolecular Hbond substituents is 1. The minimum atomic E-state index is -0.347. The van der Waals surface area contributed by atoms with Gasteiger partial charge in [0.1, 0.15) is 5.75 Å². The lowest BCUT2D eigenvalue weighted by atomic mass is 9.77. The SMILES string of the molecule is CCCCCCCCCCCCCOC(=O)C(C)c1cc(C(C)(C)C)c(O)c(C(C)(C)C)c1. The Morgan fingerprint density at radius 2 is 1.18 bits per heavy atom. The van der Waals surface area contributed by atoms with E-state index in [0.717, 1.165) is 29.5 Å². The molecule has 0 aliphatic rings. The Morgan fingerprint density at radius 1 is 0.788 bits per heavy atom. The van der Waals surface area contributed by atoms with Gasteiger partial charge in [-0.25, -0.2) is 0 Å². The number of esters is 1. The first-order chi connectivity index (χ1) is 15.4. The van der Waals surface area contributed by atoms with E-state index in [0.29, 0.717) is 12.4 Å². The third-order valence-corrected chi connectivity index (χ3v) is 6.59. The summed E-state index contributed by atoms with van der Waals surface area (Å²) >= 11 is 0. The van der Waals surface area contributed by atoms with Gasteiger partial charge in [-0.15, -0.1) is 0 Å². The summed E-state index contributed by atoms with van der Waals surface area (Å²) in [6.07, 6.45) is 14.1. The standard InChI is InChI=1S/C30H52O3/c1-9-10-11-12-13-14-15-16-17-18-19-20-33-28(32)23(2)24-21-25(29(3,4)5)27(31)26(22-24)30(6,7)8/h21-23,31H,9-20H2,1-8H3. The molecular weight excluding hydrogens is 408 g/mol. The zero-order valence-corrected chi connectivity index (χ0v) is 23.0. The first-order valence-corrected chi connectivity index (χ1v) is 13.4. The molecule has 0 aliphatic carbocycles. The molecule has 33 heavy (non-hydrogen) atoms. The summed E-state index contributed by atoms with van der Waals surface area (Å²) < 4.78 is 5.62. The minimum Gasteiger partial charge on any atom is -0.507 e. The van der Waals surface area contributed by atoms with E-state index in [2.05, 4.69) is 48.5 Å². The van der Waals surface area contributed by atoms with Crippen LogP contribution in [0.2, 0.25) is 0 Å². The van der Waals surface area contributed by atoms with Gasteiger partial charge in [0.15, 0.2) is 0 Å². The van der Waals surface area contributed by atoms with E-state index >= 15 is 0 Å². The van der Waals surface area contributed by atoms with Crippen LogP contribution in [0.5, 0.6) is 5.75 Å². The van der Waals surface area contributed by atoms with Crippen LogP contribution in [0.4, 0.5) is 0 Å². The van der Waals surface area contributed by atoms with Crippen LogP contribution in [0.3, 0.4) is 0 Å². The van der Waals surface area contributed by atoms with Crippen molar-refractivity contribution in [3.05, 3.63) is 28.8 Å². The van der Waals surface area contributed by atoms with Crippen LogP contribution in [0.15, 0.2) is 12.1 Å². The van der Waals surface area contributed by atoms with E-state index in [1.165, 1.54) is 57.8 Å². The molecule has 1 aromatic carbocycles. The molecule has 1 N–H and O–H groups in total. The number of phenols is 1. The molecular formula is C30H52O3. The highest BCUT2D eigenvalue weighted by atomic mass is 16.5. The van der Waals surface area contributed by atoms with E-state index in [4.69, 9.17) is 4.74 Å². The topological polar surface area (TPSA) is 46.5 Å². The van der Waals surface area contributed by atoms with Crippen LogP contribution in [0.1, 0.15) is 149 Å². The molecule has 1 rings (SSSR count). The Kier molecular flexibility index (Phi) is 12.5. The summed E-state index contributed by atoms with van der Waals surface area (Å²) in [6, 6.07) is 3.97. The predicted molar refractivity (Wildman–Crippen MR) is 141 cm³/mol. The fourth-order valence-electron chi connectivity index (χ4n) is 4.25. The average molecular weight is 461 g/mol. The maximum atomic E-state index is 12.7. The van der Waals surface area contributed by atoms with Crippen molar-refractivity contribution >= 4 is 5.97 Å². The molecule has 190 valence electrons. The van der Waals surface area contributed by atoms with Crippen molar-refractivity contribution in [2.45, 2.75) is 143 Å². The third kappa shape index (κ3) is 10.5. The van der Waals surface area contributed by atoms with Gasteiger partial charge < -0.3 is 9.84 Å². The Bertz CT molecular complexity index is 671. The largest absolute Gasteiger partial charge is 0.507 e. The number of hydrogen-bond donors (Lipinski definition) is 1. The molecule has 0 saturated heterocycles. The van der Waals surface area contributed by atoms with Crippen LogP contribution >= 0.6 is 0 Å². The molecule has 1 atom stereocenters. The molecule has 3 heteroatoms. The zero-order chi connectivity index (χ0) is 25.1. The number of benzene rings is 1. The maximum Gasteiger partial charge on any atom is 0.313 e. The van der Waals surface area contributed by atoms with Crippen molar-refractivity contribution in [3.8, 4) is 5.75 Å².